The first-order chi connectivity index (χ1) is 10.5. The number of carbonyl (C=O) groups excluding carboxylic acids is 1. The van der Waals surface area contributed by atoms with E-state index in [1.807, 2.05) is 19.9 Å². The second kappa shape index (κ2) is 5.98. The molecule has 0 aliphatic carbocycles. The van der Waals surface area contributed by atoms with Gasteiger partial charge in [-0.1, -0.05) is 36.8 Å². The van der Waals surface area contributed by atoms with Crippen LogP contribution in [0.1, 0.15) is 35.8 Å². The zero-order valence-corrected chi connectivity index (χ0v) is 13.6. The summed E-state index contributed by atoms with van der Waals surface area (Å²) in [5.74, 6) is -0.118. The van der Waals surface area contributed by atoms with Gasteiger partial charge in [-0.2, -0.15) is 0 Å². The van der Waals surface area contributed by atoms with Gasteiger partial charge in [-0.3, -0.25) is 10.1 Å². The van der Waals surface area contributed by atoms with Crippen LogP contribution in [0.25, 0.3) is 10.2 Å². The minimum absolute atomic E-state index is 0.137. The first kappa shape index (κ1) is 14.9. The number of hydrogen-bond acceptors (Lipinski definition) is 5. The monoisotopic (exact) mass is 332 g/mol. The number of rotatable bonds is 3. The summed E-state index contributed by atoms with van der Waals surface area (Å²) in [6, 6.07) is 5.46. The molecule has 0 aliphatic rings. The number of nitrogens with one attached hydrogen (secondary N) is 1. The molecule has 1 amide bonds. The zero-order chi connectivity index (χ0) is 15.7. The predicted octanol–water partition coefficient (Wildman–Crippen LogP) is 4.12. The molecule has 0 atom stereocenters. The Morgan fingerprint density at radius 2 is 2.18 bits per heavy atom. The zero-order valence-electron chi connectivity index (χ0n) is 12.0. The summed E-state index contributed by atoms with van der Waals surface area (Å²) in [7, 11) is 0. The van der Waals surface area contributed by atoms with Crippen LogP contribution >= 0.6 is 22.9 Å². The van der Waals surface area contributed by atoms with Crippen molar-refractivity contribution in [3.05, 3.63) is 47.0 Å². The SMILES string of the molecule is CC(C)c1ncncc1C(=O)Nc1nc2cc(Cl)ccc2s1. The molecule has 3 aromatic rings. The highest BCUT2D eigenvalue weighted by Gasteiger charge is 2.17. The number of carbonyl (C=O) groups is 1. The molecule has 0 saturated heterocycles. The molecule has 0 radical (unpaired) electrons. The second-order valence-corrected chi connectivity index (χ2v) is 6.53. The smallest absolute Gasteiger partial charge is 0.260 e. The standard InChI is InChI=1S/C15H13ClN4OS/c1-8(2)13-10(6-17-7-18-13)14(21)20-15-19-11-5-9(16)3-4-12(11)22-15/h3-8H,1-2H3,(H,19,20,21). The van der Waals surface area contributed by atoms with Crippen molar-refractivity contribution in [1.29, 1.82) is 0 Å². The molecule has 1 aromatic carbocycles. The Balaban J connectivity index is 1.90. The van der Waals surface area contributed by atoms with Crippen LogP contribution in [-0.4, -0.2) is 20.9 Å². The van der Waals surface area contributed by atoms with Crippen LogP contribution in [0.2, 0.25) is 5.02 Å². The first-order valence-electron chi connectivity index (χ1n) is 6.72. The van der Waals surface area contributed by atoms with Crippen LogP contribution < -0.4 is 5.32 Å². The van der Waals surface area contributed by atoms with Crippen LogP contribution in [0.4, 0.5) is 5.13 Å². The lowest BCUT2D eigenvalue weighted by Crippen LogP contribution is -2.16. The quantitative estimate of drug-likeness (QED) is 0.783. The van der Waals surface area contributed by atoms with E-state index in [-0.39, 0.29) is 11.8 Å². The van der Waals surface area contributed by atoms with Gasteiger partial charge in [0, 0.05) is 11.2 Å². The maximum atomic E-state index is 12.4. The topological polar surface area (TPSA) is 67.8 Å². The number of nitrogens with zero attached hydrogens (tertiary/aromatic N) is 3. The summed E-state index contributed by atoms with van der Waals surface area (Å²) in [5, 5.41) is 3.96. The van der Waals surface area contributed by atoms with Crippen molar-refractivity contribution in [2.45, 2.75) is 19.8 Å². The van der Waals surface area contributed by atoms with Gasteiger partial charge < -0.3 is 0 Å². The number of amides is 1. The Morgan fingerprint density at radius 1 is 1.36 bits per heavy atom. The average molecular weight is 333 g/mol. The Kier molecular flexibility index (Phi) is 4.04. The third-order valence-corrected chi connectivity index (χ3v) is 4.29. The molecular formula is C15H13ClN4OS. The summed E-state index contributed by atoms with van der Waals surface area (Å²) in [5.41, 5.74) is 1.95. The van der Waals surface area contributed by atoms with E-state index in [0.29, 0.717) is 15.7 Å². The fourth-order valence-corrected chi connectivity index (χ4v) is 3.10. The number of anilines is 1. The van der Waals surface area contributed by atoms with E-state index in [0.717, 1.165) is 15.9 Å². The highest BCUT2D eigenvalue weighted by molar-refractivity contribution is 7.22. The van der Waals surface area contributed by atoms with Gasteiger partial charge in [-0.25, -0.2) is 15.0 Å². The van der Waals surface area contributed by atoms with Crippen molar-refractivity contribution in [2.75, 3.05) is 5.32 Å². The highest BCUT2D eigenvalue weighted by Crippen LogP contribution is 2.28. The maximum Gasteiger partial charge on any atom is 0.260 e. The molecular weight excluding hydrogens is 320 g/mol. The Labute approximate surface area is 136 Å². The molecule has 0 unspecified atom stereocenters. The number of fused-ring (bicyclic) bond motifs is 1. The van der Waals surface area contributed by atoms with Gasteiger partial charge in [0.2, 0.25) is 0 Å². The second-order valence-electron chi connectivity index (χ2n) is 5.06. The van der Waals surface area contributed by atoms with Crippen LogP contribution in [0.15, 0.2) is 30.7 Å². The van der Waals surface area contributed by atoms with Crippen molar-refractivity contribution >= 4 is 44.2 Å². The summed E-state index contributed by atoms with van der Waals surface area (Å²) in [4.78, 5) is 24.9. The normalized spacial score (nSPS) is 11.1. The lowest BCUT2D eigenvalue weighted by atomic mass is 10.1. The third-order valence-electron chi connectivity index (χ3n) is 3.10. The summed E-state index contributed by atoms with van der Waals surface area (Å²) in [6.45, 7) is 3.97. The minimum Gasteiger partial charge on any atom is -0.298 e. The molecule has 3 rings (SSSR count). The summed E-state index contributed by atoms with van der Waals surface area (Å²) in [6.07, 6.45) is 2.98. The molecule has 0 spiro atoms. The Hall–Kier alpha value is -2.05. The van der Waals surface area contributed by atoms with Gasteiger partial charge in [0.05, 0.1) is 21.5 Å². The average Bonchev–Trinajstić information content (AvgIpc) is 2.88. The number of halogens is 1. The van der Waals surface area contributed by atoms with Gasteiger partial charge >= 0.3 is 0 Å². The Morgan fingerprint density at radius 3 is 2.95 bits per heavy atom. The molecule has 2 aromatic heterocycles. The first-order valence-corrected chi connectivity index (χ1v) is 7.91. The predicted molar refractivity (Wildman–Crippen MR) is 88.7 cm³/mol. The molecule has 7 heteroatoms. The fraction of sp³-hybridized carbons (Fsp3) is 0.200. The largest absolute Gasteiger partial charge is 0.298 e. The number of hydrogen-bond donors (Lipinski definition) is 1. The van der Waals surface area contributed by atoms with Gasteiger partial charge in [-0.15, -0.1) is 0 Å². The number of aromatic nitrogens is 3. The molecule has 0 bridgehead atoms. The third kappa shape index (κ3) is 2.93. The van der Waals surface area contributed by atoms with E-state index in [2.05, 4.69) is 20.3 Å². The molecule has 112 valence electrons. The molecule has 0 saturated carbocycles. The van der Waals surface area contributed by atoms with E-state index in [1.54, 1.807) is 12.1 Å². The van der Waals surface area contributed by atoms with Crippen LogP contribution in [0.3, 0.4) is 0 Å². The van der Waals surface area contributed by atoms with Crippen molar-refractivity contribution in [3.63, 3.8) is 0 Å². The minimum atomic E-state index is -0.255. The molecule has 2 heterocycles. The van der Waals surface area contributed by atoms with Crippen LogP contribution in [0.5, 0.6) is 0 Å². The van der Waals surface area contributed by atoms with Gasteiger partial charge in [-0.05, 0) is 24.1 Å². The van der Waals surface area contributed by atoms with Crippen molar-refractivity contribution in [1.82, 2.24) is 15.0 Å². The molecule has 5 nitrogen and oxygen atoms in total. The van der Waals surface area contributed by atoms with E-state index < -0.39 is 0 Å². The number of benzene rings is 1. The summed E-state index contributed by atoms with van der Waals surface area (Å²) < 4.78 is 0.966. The van der Waals surface area contributed by atoms with E-state index in [4.69, 9.17) is 11.6 Å². The van der Waals surface area contributed by atoms with Crippen molar-refractivity contribution in [3.8, 4) is 0 Å². The summed E-state index contributed by atoms with van der Waals surface area (Å²) >= 11 is 7.35. The van der Waals surface area contributed by atoms with Gasteiger partial charge in [0.1, 0.15) is 6.33 Å². The Bertz CT molecular complexity index is 846. The van der Waals surface area contributed by atoms with Crippen molar-refractivity contribution < 1.29 is 4.79 Å². The lowest BCUT2D eigenvalue weighted by molar-refractivity contribution is 0.102. The van der Waals surface area contributed by atoms with Crippen LogP contribution in [0, 0.1) is 0 Å². The molecule has 0 aliphatic heterocycles. The number of thiazole rings is 1. The van der Waals surface area contributed by atoms with E-state index >= 15 is 0 Å². The van der Waals surface area contributed by atoms with E-state index in [1.165, 1.54) is 23.9 Å². The molecule has 0 fully saturated rings. The van der Waals surface area contributed by atoms with E-state index in [9.17, 15) is 4.79 Å². The van der Waals surface area contributed by atoms with Crippen LogP contribution in [-0.2, 0) is 0 Å². The maximum absolute atomic E-state index is 12.4. The molecule has 1 N–H and O–H groups in total. The van der Waals surface area contributed by atoms with Gasteiger partial charge in [0.25, 0.3) is 5.91 Å². The molecule has 22 heavy (non-hydrogen) atoms. The lowest BCUT2D eigenvalue weighted by Gasteiger charge is -2.09. The van der Waals surface area contributed by atoms with Gasteiger partial charge in [0.15, 0.2) is 5.13 Å². The van der Waals surface area contributed by atoms with Crippen molar-refractivity contribution in [2.24, 2.45) is 0 Å². The fourth-order valence-electron chi connectivity index (χ4n) is 2.09. The highest BCUT2D eigenvalue weighted by atomic mass is 35.5.